The molecule has 0 saturated carbocycles. The first-order chi connectivity index (χ1) is 7.72. The van der Waals surface area contributed by atoms with Gasteiger partial charge in [-0.25, -0.2) is 9.97 Å². The molecule has 16 heavy (non-hydrogen) atoms. The molecular weight excluding hydrogens is 198 g/mol. The van der Waals surface area contributed by atoms with Gasteiger partial charge < -0.3 is 5.32 Å². The number of rotatable bonds is 3. The summed E-state index contributed by atoms with van der Waals surface area (Å²) in [4.78, 5) is 9.23. The van der Waals surface area contributed by atoms with Crippen LogP contribution in [0, 0.1) is 13.8 Å². The van der Waals surface area contributed by atoms with Gasteiger partial charge in [0, 0.05) is 29.4 Å². The molecule has 0 aromatic carbocycles. The lowest BCUT2D eigenvalue weighted by atomic mass is 10.0. The summed E-state index contributed by atoms with van der Waals surface area (Å²) in [6, 6.07) is 0.482. The van der Waals surface area contributed by atoms with Crippen molar-refractivity contribution >= 4 is 0 Å². The van der Waals surface area contributed by atoms with Gasteiger partial charge in [-0.15, -0.1) is 0 Å². The van der Waals surface area contributed by atoms with E-state index < -0.39 is 0 Å². The SMILES string of the molecule is CCCc1nc(C)c(C2CCCN2)c(C)n1. The van der Waals surface area contributed by atoms with Crippen LogP contribution in [0.25, 0.3) is 0 Å². The molecule has 1 saturated heterocycles. The van der Waals surface area contributed by atoms with E-state index >= 15 is 0 Å². The first-order valence-electron chi connectivity index (χ1n) is 6.29. The monoisotopic (exact) mass is 219 g/mol. The van der Waals surface area contributed by atoms with Crippen molar-refractivity contribution in [3.63, 3.8) is 0 Å². The van der Waals surface area contributed by atoms with E-state index in [0.717, 1.165) is 36.6 Å². The fourth-order valence-electron chi connectivity index (χ4n) is 2.57. The Labute approximate surface area is 97.7 Å². The van der Waals surface area contributed by atoms with E-state index in [4.69, 9.17) is 0 Å². The molecule has 0 radical (unpaired) electrons. The van der Waals surface area contributed by atoms with E-state index in [-0.39, 0.29) is 0 Å². The van der Waals surface area contributed by atoms with E-state index in [1.165, 1.54) is 18.4 Å². The predicted molar refractivity (Wildman–Crippen MR) is 65.5 cm³/mol. The number of nitrogens with one attached hydrogen (secondary N) is 1. The molecule has 88 valence electrons. The molecule has 1 aromatic heterocycles. The highest BCUT2D eigenvalue weighted by Crippen LogP contribution is 2.27. The van der Waals surface area contributed by atoms with Gasteiger partial charge >= 0.3 is 0 Å². The maximum atomic E-state index is 4.62. The minimum Gasteiger partial charge on any atom is -0.310 e. The Hall–Kier alpha value is -0.960. The standard InChI is InChI=1S/C13H21N3/c1-4-6-12-15-9(2)13(10(3)16-12)11-7-5-8-14-11/h11,14H,4-8H2,1-3H3. The smallest absolute Gasteiger partial charge is 0.128 e. The normalized spacial score (nSPS) is 20.3. The molecule has 0 aliphatic carbocycles. The van der Waals surface area contributed by atoms with Crippen molar-refractivity contribution in [3.05, 3.63) is 22.8 Å². The second-order valence-corrected chi connectivity index (χ2v) is 4.62. The number of aryl methyl sites for hydroxylation is 3. The van der Waals surface area contributed by atoms with Crippen LogP contribution in [0.1, 0.15) is 55.0 Å². The van der Waals surface area contributed by atoms with Crippen molar-refractivity contribution in [2.24, 2.45) is 0 Å². The van der Waals surface area contributed by atoms with E-state index in [0.29, 0.717) is 6.04 Å². The zero-order valence-electron chi connectivity index (χ0n) is 10.5. The van der Waals surface area contributed by atoms with Crippen molar-refractivity contribution in [3.8, 4) is 0 Å². The molecule has 1 atom stereocenters. The van der Waals surface area contributed by atoms with Crippen molar-refractivity contribution in [2.45, 2.75) is 52.5 Å². The maximum Gasteiger partial charge on any atom is 0.128 e. The molecule has 3 nitrogen and oxygen atoms in total. The highest BCUT2D eigenvalue weighted by atomic mass is 15.0. The van der Waals surface area contributed by atoms with Crippen LogP contribution in [0.3, 0.4) is 0 Å². The molecule has 1 fully saturated rings. The van der Waals surface area contributed by atoms with E-state index in [1.807, 2.05) is 0 Å². The van der Waals surface area contributed by atoms with Crippen LogP contribution in [-0.4, -0.2) is 16.5 Å². The number of hydrogen-bond donors (Lipinski definition) is 1. The van der Waals surface area contributed by atoms with E-state index in [9.17, 15) is 0 Å². The average molecular weight is 219 g/mol. The minimum atomic E-state index is 0.482. The summed E-state index contributed by atoms with van der Waals surface area (Å²) in [6.07, 6.45) is 4.58. The third-order valence-electron chi connectivity index (χ3n) is 3.26. The van der Waals surface area contributed by atoms with E-state index in [1.54, 1.807) is 0 Å². The fourth-order valence-corrected chi connectivity index (χ4v) is 2.57. The highest BCUT2D eigenvalue weighted by molar-refractivity contribution is 5.28. The molecule has 1 aliphatic heterocycles. The average Bonchev–Trinajstić information content (AvgIpc) is 2.70. The Morgan fingerprint density at radius 2 is 1.94 bits per heavy atom. The number of aromatic nitrogens is 2. The molecule has 1 unspecified atom stereocenters. The zero-order valence-corrected chi connectivity index (χ0v) is 10.5. The maximum absolute atomic E-state index is 4.62. The van der Waals surface area contributed by atoms with Crippen LogP contribution in [0.2, 0.25) is 0 Å². The summed E-state index contributed by atoms with van der Waals surface area (Å²) in [5, 5.41) is 3.53. The molecule has 2 heterocycles. The van der Waals surface area contributed by atoms with Crippen LogP contribution >= 0.6 is 0 Å². The molecule has 0 bridgehead atoms. The molecular formula is C13H21N3. The Morgan fingerprint density at radius 3 is 2.44 bits per heavy atom. The summed E-state index contributed by atoms with van der Waals surface area (Å²) < 4.78 is 0. The van der Waals surface area contributed by atoms with Gasteiger partial charge in [0.15, 0.2) is 0 Å². The Kier molecular flexibility index (Phi) is 3.54. The predicted octanol–water partition coefficient (Wildman–Crippen LogP) is 2.47. The lowest BCUT2D eigenvalue weighted by Gasteiger charge is -2.16. The third-order valence-corrected chi connectivity index (χ3v) is 3.26. The van der Waals surface area contributed by atoms with Crippen LogP contribution < -0.4 is 5.32 Å². The van der Waals surface area contributed by atoms with Crippen molar-refractivity contribution in [1.29, 1.82) is 0 Å². The summed E-state index contributed by atoms with van der Waals surface area (Å²) in [5.74, 6) is 0.999. The van der Waals surface area contributed by atoms with Gasteiger partial charge in [0.25, 0.3) is 0 Å². The summed E-state index contributed by atoms with van der Waals surface area (Å²) in [7, 11) is 0. The lowest BCUT2D eigenvalue weighted by Crippen LogP contribution is -2.17. The second-order valence-electron chi connectivity index (χ2n) is 4.62. The topological polar surface area (TPSA) is 37.8 Å². The molecule has 0 amide bonds. The van der Waals surface area contributed by atoms with Crippen molar-refractivity contribution < 1.29 is 0 Å². The lowest BCUT2D eigenvalue weighted by molar-refractivity contribution is 0.625. The number of nitrogens with zero attached hydrogens (tertiary/aromatic N) is 2. The largest absolute Gasteiger partial charge is 0.310 e. The van der Waals surface area contributed by atoms with Crippen LogP contribution in [0.5, 0.6) is 0 Å². The molecule has 1 aliphatic rings. The summed E-state index contributed by atoms with van der Waals surface area (Å²) in [6.45, 7) is 7.52. The first-order valence-corrected chi connectivity index (χ1v) is 6.29. The minimum absolute atomic E-state index is 0.482. The fraction of sp³-hybridized carbons (Fsp3) is 0.692. The van der Waals surface area contributed by atoms with Crippen LogP contribution in [0.15, 0.2) is 0 Å². The quantitative estimate of drug-likeness (QED) is 0.848. The van der Waals surface area contributed by atoms with Gasteiger partial charge in [0.2, 0.25) is 0 Å². The summed E-state index contributed by atoms with van der Waals surface area (Å²) in [5.41, 5.74) is 3.66. The molecule has 3 heteroatoms. The Bertz CT molecular complexity index is 344. The van der Waals surface area contributed by atoms with Crippen molar-refractivity contribution in [1.82, 2.24) is 15.3 Å². The van der Waals surface area contributed by atoms with Gasteiger partial charge in [0.05, 0.1) is 0 Å². The molecule has 1 aromatic rings. The van der Waals surface area contributed by atoms with Gasteiger partial charge in [-0.3, -0.25) is 0 Å². The highest BCUT2D eigenvalue weighted by Gasteiger charge is 2.21. The molecule has 0 spiro atoms. The van der Waals surface area contributed by atoms with Crippen LogP contribution in [0.4, 0.5) is 0 Å². The first kappa shape index (κ1) is 11.5. The second kappa shape index (κ2) is 4.91. The molecule has 1 N–H and O–H groups in total. The van der Waals surface area contributed by atoms with E-state index in [2.05, 4.69) is 36.1 Å². The zero-order chi connectivity index (χ0) is 11.5. The Morgan fingerprint density at radius 1 is 1.25 bits per heavy atom. The van der Waals surface area contributed by atoms with Gasteiger partial charge in [-0.1, -0.05) is 6.92 Å². The third kappa shape index (κ3) is 2.24. The van der Waals surface area contributed by atoms with Crippen LogP contribution in [-0.2, 0) is 6.42 Å². The van der Waals surface area contributed by atoms with Gasteiger partial charge in [-0.05, 0) is 39.7 Å². The number of hydrogen-bond acceptors (Lipinski definition) is 3. The summed E-state index contributed by atoms with van der Waals surface area (Å²) >= 11 is 0. The Balaban J connectivity index is 2.31. The van der Waals surface area contributed by atoms with Gasteiger partial charge in [-0.2, -0.15) is 0 Å². The molecule has 2 rings (SSSR count). The van der Waals surface area contributed by atoms with Crippen molar-refractivity contribution in [2.75, 3.05) is 6.54 Å². The van der Waals surface area contributed by atoms with Gasteiger partial charge in [0.1, 0.15) is 5.82 Å².